The molecule has 34 heavy (non-hydrogen) atoms. The van der Waals surface area contributed by atoms with Crippen LogP contribution in [-0.4, -0.2) is 44.1 Å². The summed E-state index contributed by atoms with van der Waals surface area (Å²) in [5, 5.41) is 0. The Bertz CT molecular complexity index is 1230. The lowest BCUT2D eigenvalue weighted by Gasteiger charge is -2.37. The first-order valence-electron chi connectivity index (χ1n) is 12.6. The van der Waals surface area contributed by atoms with Crippen molar-refractivity contribution in [2.75, 3.05) is 13.1 Å². The monoisotopic (exact) mass is 461 g/mol. The molecule has 7 nitrogen and oxygen atoms in total. The summed E-state index contributed by atoms with van der Waals surface area (Å²) in [4.78, 5) is 32.6. The number of nitrogens with two attached hydrogens (primary N) is 1. The number of para-hydroxylation sites is 2. The number of rotatable bonds is 4. The Morgan fingerprint density at radius 1 is 1.15 bits per heavy atom. The molecule has 1 aliphatic heterocycles. The molecule has 180 valence electrons. The lowest BCUT2D eigenvalue weighted by atomic mass is 9.85. The summed E-state index contributed by atoms with van der Waals surface area (Å²) < 4.78 is 3.91. The van der Waals surface area contributed by atoms with E-state index in [-0.39, 0.29) is 17.5 Å². The molecular weight excluding hydrogens is 426 g/mol. The van der Waals surface area contributed by atoms with Crippen molar-refractivity contribution in [2.45, 2.75) is 58.0 Å². The predicted molar refractivity (Wildman–Crippen MR) is 134 cm³/mol. The minimum absolute atomic E-state index is 0.0107. The largest absolute Gasteiger partial charge is 0.342 e. The molecular formula is C27H35N5O2. The van der Waals surface area contributed by atoms with E-state index in [0.29, 0.717) is 17.4 Å². The summed E-state index contributed by atoms with van der Waals surface area (Å²) in [5.41, 5.74) is 9.76. The second-order valence-corrected chi connectivity index (χ2v) is 10.3. The summed E-state index contributed by atoms with van der Waals surface area (Å²) in [6.07, 6.45) is 7.75. The predicted octanol–water partition coefficient (Wildman–Crippen LogP) is 3.47. The second kappa shape index (κ2) is 9.37. The van der Waals surface area contributed by atoms with Crippen LogP contribution < -0.4 is 11.3 Å². The third kappa shape index (κ3) is 4.41. The van der Waals surface area contributed by atoms with Crippen LogP contribution in [0.2, 0.25) is 0 Å². The number of hydrogen-bond acceptors (Lipinski definition) is 4. The van der Waals surface area contributed by atoms with Gasteiger partial charge in [-0.3, -0.25) is 9.59 Å². The van der Waals surface area contributed by atoms with Crippen LogP contribution in [0.3, 0.4) is 0 Å². The number of amides is 1. The molecule has 0 radical (unpaired) electrons. The highest BCUT2D eigenvalue weighted by Gasteiger charge is 2.31. The van der Waals surface area contributed by atoms with Gasteiger partial charge in [0.05, 0.1) is 11.0 Å². The number of carbonyl (C=O) groups is 1. The first-order valence-corrected chi connectivity index (χ1v) is 12.6. The Morgan fingerprint density at radius 2 is 1.91 bits per heavy atom. The van der Waals surface area contributed by atoms with E-state index in [9.17, 15) is 9.59 Å². The van der Waals surface area contributed by atoms with Crippen molar-refractivity contribution >= 4 is 16.9 Å². The van der Waals surface area contributed by atoms with Crippen molar-refractivity contribution in [1.82, 2.24) is 19.0 Å². The fourth-order valence-electron chi connectivity index (χ4n) is 5.78. The third-order valence-corrected chi connectivity index (χ3v) is 7.67. The molecule has 1 saturated carbocycles. The summed E-state index contributed by atoms with van der Waals surface area (Å²) in [6.45, 7) is 4.30. The quantitative estimate of drug-likeness (QED) is 0.645. The number of aryl methyl sites for hydroxylation is 2. The molecule has 0 unspecified atom stereocenters. The molecule has 1 aromatic carbocycles. The van der Waals surface area contributed by atoms with Crippen LogP contribution in [0.4, 0.5) is 0 Å². The highest BCUT2D eigenvalue weighted by molar-refractivity contribution is 5.81. The van der Waals surface area contributed by atoms with E-state index in [1.54, 1.807) is 11.6 Å². The molecule has 2 aromatic heterocycles. The Balaban J connectivity index is 1.42. The van der Waals surface area contributed by atoms with Gasteiger partial charge >= 0.3 is 0 Å². The molecule has 0 spiro atoms. The number of pyridine rings is 1. The molecule has 1 saturated heterocycles. The molecule has 2 fully saturated rings. The van der Waals surface area contributed by atoms with Crippen molar-refractivity contribution in [2.24, 2.45) is 24.6 Å². The topological polar surface area (TPSA) is 86.2 Å². The Labute approximate surface area is 200 Å². The third-order valence-electron chi connectivity index (χ3n) is 7.67. The van der Waals surface area contributed by atoms with Gasteiger partial charge in [0, 0.05) is 56.0 Å². The van der Waals surface area contributed by atoms with Gasteiger partial charge in [-0.2, -0.15) is 0 Å². The van der Waals surface area contributed by atoms with Crippen LogP contribution in [0, 0.1) is 18.8 Å². The highest BCUT2D eigenvalue weighted by Crippen LogP contribution is 2.30. The van der Waals surface area contributed by atoms with Crippen LogP contribution in [0.15, 0.2) is 41.3 Å². The van der Waals surface area contributed by atoms with Gasteiger partial charge in [0.1, 0.15) is 5.82 Å². The van der Waals surface area contributed by atoms with Crippen molar-refractivity contribution in [3.63, 3.8) is 0 Å². The number of hydrogen-bond donors (Lipinski definition) is 1. The zero-order chi connectivity index (χ0) is 23.8. The zero-order valence-electron chi connectivity index (χ0n) is 20.2. The van der Waals surface area contributed by atoms with Crippen molar-refractivity contribution < 1.29 is 4.79 Å². The minimum Gasteiger partial charge on any atom is -0.342 e. The number of fused-ring (bicyclic) bond motifs is 1. The molecule has 1 atom stereocenters. The standard InChI is InChI=1S/C27H35N5O2/c1-18-14-21(17-30(2)26(18)33)25-29-23-7-3-4-8-24(23)32(25)16-19-6-5-13-31(15-19)27(34)20-9-11-22(28)12-10-20/h3-4,7-8,14,17,19-20,22H,5-6,9-13,15-16,28H2,1-2H3/t19-,20?,22?/m1/s1. The number of likely N-dealkylation sites (tertiary alicyclic amines) is 1. The molecule has 2 aliphatic rings. The molecule has 7 heteroatoms. The van der Waals surface area contributed by atoms with E-state index in [2.05, 4.69) is 15.5 Å². The second-order valence-electron chi connectivity index (χ2n) is 10.3. The number of piperidine rings is 1. The van der Waals surface area contributed by atoms with Gasteiger partial charge in [-0.05, 0) is 69.6 Å². The Morgan fingerprint density at radius 3 is 2.68 bits per heavy atom. The summed E-state index contributed by atoms with van der Waals surface area (Å²) in [5.74, 6) is 1.70. The van der Waals surface area contributed by atoms with Crippen LogP contribution in [-0.2, 0) is 18.4 Å². The van der Waals surface area contributed by atoms with E-state index in [1.807, 2.05) is 37.4 Å². The Hall–Kier alpha value is -2.93. The average Bonchev–Trinajstić information content (AvgIpc) is 3.21. The SMILES string of the molecule is Cc1cc(-c2nc3ccccc3n2C[C@@H]2CCCN(C(=O)C3CCC(N)CC3)C2)cn(C)c1=O. The van der Waals surface area contributed by atoms with E-state index < -0.39 is 0 Å². The smallest absolute Gasteiger partial charge is 0.253 e. The molecule has 5 rings (SSSR count). The number of nitrogens with zero attached hydrogens (tertiary/aromatic N) is 4. The molecule has 1 amide bonds. The summed E-state index contributed by atoms with van der Waals surface area (Å²) >= 11 is 0. The minimum atomic E-state index is 0.0107. The summed E-state index contributed by atoms with van der Waals surface area (Å²) in [6, 6.07) is 10.4. The normalized spacial score (nSPS) is 23.4. The zero-order valence-corrected chi connectivity index (χ0v) is 20.2. The molecule has 1 aliphatic carbocycles. The Kier molecular flexibility index (Phi) is 6.30. The van der Waals surface area contributed by atoms with Gasteiger partial charge in [0.25, 0.3) is 5.56 Å². The van der Waals surface area contributed by atoms with Crippen molar-refractivity contribution in [3.8, 4) is 11.4 Å². The van der Waals surface area contributed by atoms with Gasteiger partial charge in [-0.25, -0.2) is 4.98 Å². The fourth-order valence-corrected chi connectivity index (χ4v) is 5.78. The van der Waals surface area contributed by atoms with Gasteiger partial charge in [0.15, 0.2) is 0 Å². The van der Waals surface area contributed by atoms with Gasteiger partial charge in [-0.15, -0.1) is 0 Å². The highest BCUT2D eigenvalue weighted by atomic mass is 16.2. The molecule has 2 N–H and O–H groups in total. The fraction of sp³-hybridized carbons (Fsp3) is 0.519. The van der Waals surface area contributed by atoms with Crippen LogP contribution in [0.5, 0.6) is 0 Å². The van der Waals surface area contributed by atoms with E-state index in [0.717, 1.165) is 80.6 Å². The maximum Gasteiger partial charge on any atom is 0.253 e. The van der Waals surface area contributed by atoms with E-state index in [4.69, 9.17) is 10.7 Å². The maximum absolute atomic E-state index is 13.2. The molecule has 0 bridgehead atoms. The maximum atomic E-state index is 13.2. The lowest BCUT2D eigenvalue weighted by molar-refractivity contribution is -0.138. The number of benzene rings is 1. The van der Waals surface area contributed by atoms with Gasteiger partial charge in [0.2, 0.25) is 5.91 Å². The van der Waals surface area contributed by atoms with Crippen molar-refractivity contribution in [3.05, 3.63) is 52.4 Å². The average molecular weight is 462 g/mol. The molecule has 3 aromatic rings. The van der Waals surface area contributed by atoms with Gasteiger partial charge in [-0.1, -0.05) is 12.1 Å². The first kappa shape index (κ1) is 22.8. The van der Waals surface area contributed by atoms with Crippen LogP contribution in [0.25, 0.3) is 22.4 Å². The van der Waals surface area contributed by atoms with E-state index in [1.165, 1.54) is 0 Å². The van der Waals surface area contributed by atoms with Crippen LogP contribution in [0.1, 0.15) is 44.1 Å². The molecule has 3 heterocycles. The number of carbonyl (C=O) groups excluding carboxylic acids is 1. The number of aromatic nitrogens is 3. The van der Waals surface area contributed by atoms with Crippen LogP contribution >= 0.6 is 0 Å². The van der Waals surface area contributed by atoms with E-state index >= 15 is 0 Å². The number of imidazole rings is 1. The lowest BCUT2D eigenvalue weighted by Crippen LogP contribution is -2.45. The first-order chi connectivity index (χ1) is 16.4. The van der Waals surface area contributed by atoms with Crippen molar-refractivity contribution in [1.29, 1.82) is 0 Å². The summed E-state index contributed by atoms with van der Waals surface area (Å²) in [7, 11) is 1.79. The van der Waals surface area contributed by atoms with Gasteiger partial charge < -0.3 is 19.8 Å².